The predicted molar refractivity (Wildman–Crippen MR) is 86.8 cm³/mol. The van der Waals surface area contributed by atoms with E-state index in [1.54, 1.807) is 11.0 Å². The number of hydrogen-bond acceptors (Lipinski definition) is 3. The molecule has 0 aliphatic carbocycles. The van der Waals surface area contributed by atoms with Gasteiger partial charge in [-0.25, -0.2) is 4.98 Å². The maximum atomic E-state index is 6.19. The molecule has 0 radical (unpaired) electrons. The first kappa shape index (κ1) is 14.8. The van der Waals surface area contributed by atoms with E-state index < -0.39 is 0 Å². The maximum Gasteiger partial charge on any atom is 0.270 e. The quantitative estimate of drug-likeness (QED) is 0.778. The fourth-order valence-corrected chi connectivity index (χ4v) is 2.02. The lowest BCUT2D eigenvalue weighted by Gasteiger charge is -2.19. The van der Waals surface area contributed by atoms with Crippen molar-refractivity contribution in [2.75, 3.05) is 11.9 Å². The highest BCUT2D eigenvalue weighted by Crippen LogP contribution is 2.28. The third-order valence-corrected chi connectivity index (χ3v) is 3.69. The van der Waals surface area contributed by atoms with Gasteiger partial charge in [-0.1, -0.05) is 29.8 Å². The fourth-order valence-electron chi connectivity index (χ4n) is 1.67. The Bertz CT molecular complexity index is 646. The number of nitrogens with zero attached hydrogens (tertiary/aromatic N) is 2. The zero-order chi connectivity index (χ0) is 14.7. The molecule has 1 heterocycles. The third-order valence-electron chi connectivity index (χ3n) is 2.84. The Hall–Kier alpha value is -1.65. The molecule has 20 heavy (non-hydrogen) atoms. The van der Waals surface area contributed by atoms with E-state index in [9.17, 15) is 0 Å². The lowest BCUT2D eigenvalue weighted by molar-refractivity contribution is 0.551. The molecule has 0 saturated heterocycles. The molecule has 0 N–H and O–H groups in total. The van der Waals surface area contributed by atoms with Crippen molar-refractivity contribution in [3.63, 3.8) is 0 Å². The summed E-state index contributed by atoms with van der Waals surface area (Å²) < 4.78 is 5.67. The second-order valence-corrected chi connectivity index (χ2v) is 5.18. The van der Waals surface area contributed by atoms with Crippen LogP contribution in [-0.4, -0.2) is 17.2 Å². The van der Waals surface area contributed by atoms with E-state index >= 15 is 0 Å². The number of anilines is 1. The van der Waals surface area contributed by atoms with Crippen LogP contribution in [0.2, 0.25) is 5.02 Å². The van der Waals surface area contributed by atoms with Crippen molar-refractivity contribution < 1.29 is 4.74 Å². The maximum absolute atomic E-state index is 6.19. The Morgan fingerprint density at radius 3 is 2.60 bits per heavy atom. The number of aromatic nitrogens is 1. The number of aryl methyl sites for hydroxylation is 2. The molecule has 0 saturated carbocycles. The first-order valence-corrected chi connectivity index (χ1v) is 6.92. The van der Waals surface area contributed by atoms with Crippen LogP contribution >= 0.6 is 23.8 Å². The minimum atomic E-state index is 0.301. The molecule has 0 aliphatic heterocycles. The average Bonchev–Trinajstić information content (AvgIpc) is 2.43. The number of benzene rings is 1. The summed E-state index contributed by atoms with van der Waals surface area (Å²) in [4.78, 5) is 6.11. The van der Waals surface area contributed by atoms with E-state index in [-0.39, 0.29) is 0 Å². The van der Waals surface area contributed by atoms with Gasteiger partial charge in [-0.15, -0.1) is 0 Å². The van der Waals surface area contributed by atoms with Crippen molar-refractivity contribution in [3.05, 3.63) is 52.7 Å². The SMILES string of the molecule is Cc1cccc(N(C)C(=S)Oc2cccc(C)c2Cl)n1. The molecule has 0 atom stereocenters. The molecule has 1 aromatic heterocycles. The van der Waals surface area contributed by atoms with Crippen LogP contribution in [0.15, 0.2) is 36.4 Å². The molecule has 0 aliphatic rings. The van der Waals surface area contributed by atoms with Crippen LogP contribution in [0.5, 0.6) is 5.75 Å². The van der Waals surface area contributed by atoms with Crippen LogP contribution < -0.4 is 9.64 Å². The Kier molecular flexibility index (Phi) is 4.57. The Morgan fingerprint density at radius 2 is 1.90 bits per heavy atom. The van der Waals surface area contributed by atoms with Gasteiger partial charge in [0.15, 0.2) is 0 Å². The third kappa shape index (κ3) is 3.26. The highest BCUT2D eigenvalue weighted by molar-refractivity contribution is 7.80. The van der Waals surface area contributed by atoms with Crippen LogP contribution in [0.1, 0.15) is 11.3 Å². The highest BCUT2D eigenvalue weighted by atomic mass is 35.5. The van der Waals surface area contributed by atoms with Gasteiger partial charge in [0.25, 0.3) is 5.17 Å². The molecule has 104 valence electrons. The van der Waals surface area contributed by atoms with Crippen molar-refractivity contribution in [1.29, 1.82) is 0 Å². The number of ether oxygens (including phenoxy) is 1. The van der Waals surface area contributed by atoms with Gasteiger partial charge in [0, 0.05) is 12.7 Å². The number of pyridine rings is 1. The van der Waals surface area contributed by atoms with E-state index in [2.05, 4.69) is 4.98 Å². The number of hydrogen-bond donors (Lipinski definition) is 0. The molecule has 0 amide bonds. The van der Waals surface area contributed by atoms with Gasteiger partial charge >= 0.3 is 0 Å². The van der Waals surface area contributed by atoms with Crippen molar-refractivity contribution in [2.45, 2.75) is 13.8 Å². The number of thiocarbonyl (C=S) groups is 1. The second-order valence-electron chi connectivity index (χ2n) is 4.45. The summed E-state index contributed by atoms with van der Waals surface area (Å²) in [7, 11) is 1.81. The summed E-state index contributed by atoms with van der Waals surface area (Å²) in [5.41, 5.74) is 1.87. The highest BCUT2D eigenvalue weighted by Gasteiger charge is 2.13. The zero-order valence-electron chi connectivity index (χ0n) is 11.6. The molecule has 0 bridgehead atoms. The van der Waals surface area contributed by atoms with Gasteiger partial charge in [-0.2, -0.15) is 0 Å². The molecule has 3 nitrogen and oxygen atoms in total. The summed E-state index contributed by atoms with van der Waals surface area (Å²) in [5.74, 6) is 1.29. The Morgan fingerprint density at radius 1 is 1.20 bits per heavy atom. The normalized spacial score (nSPS) is 10.2. The van der Waals surface area contributed by atoms with Crippen LogP contribution in [-0.2, 0) is 0 Å². The minimum Gasteiger partial charge on any atom is -0.430 e. The van der Waals surface area contributed by atoms with Crippen molar-refractivity contribution in [1.82, 2.24) is 4.98 Å². The van der Waals surface area contributed by atoms with E-state index in [4.69, 9.17) is 28.6 Å². The molecule has 2 aromatic rings. The topological polar surface area (TPSA) is 25.4 Å². The van der Waals surface area contributed by atoms with Crippen molar-refractivity contribution in [2.24, 2.45) is 0 Å². The van der Waals surface area contributed by atoms with Gasteiger partial charge < -0.3 is 4.74 Å². The molecule has 5 heteroatoms. The number of halogens is 1. The van der Waals surface area contributed by atoms with Crippen LogP contribution in [0, 0.1) is 13.8 Å². The molecular formula is C15H15ClN2OS. The van der Waals surface area contributed by atoms with Crippen molar-refractivity contribution in [3.8, 4) is 5.75 Å². The van der Waals surface area contributed by atoms with Gasteiger partial charge in [0.2, 0.25) is 0 Å². The predicted octanol–water partition coefficient (Wildman–Crippen LogP) is 4.15. The van der Waals surface area contributed by atoms with Gasteiger partial charge in [-0.05, 0) is 49.8 Å². The lowest BCUT2D eigenvalue weighted by Crippen LogP contribution is -2.30. The standard InChI is InChI=1S/C15H15ClN2OS/c1-10-6-4-8-12(14(10)16)19-15(20)18(3)13-9-5-7-11(2)17-13/h4-9H,1-3H3. The lowest BCUT2D eigenvalue weighted by atomic mass is 10.2. The summed E-state index contributed by atoms with van der Waals surface area (Å²) in [6.45, 7) is 3.85. The summed E-state index contributed by atoms with van der Waals surface area (Å²) in [6.07, 6.45) is 0. The van der Waals surface area contributed by atoms with Gasteiger partial charge in [0.05, 0.1) is 5.02 Å². The Balaban J connectivity index is 2.18. The molecule has 0 spiro atoms. The Labute approximate surface area is 129 Å². The average molecular weight is 307 g/mol. The summed E-state index contributed by atoms with van der Waals surface area (Å²) in [6, 6.07) is 11.3. The van der Waals surface area contributed by atoms with E-state index in [0.717, 1.165) is 17.1 Å². The van der Waals surface area contributed by atoms with Crippen LogP contribution in [0.3, 0.4) is 0 Å². The van der Waals surface area contributed by atoms with E-state index in [1.165, 1.54) is 0 Å². The fraction of sp³-hybridized carbons (Fsp3) is 0.200. The smallest absolute Gasteiger partial charge is 0.270 e. The van der Waals surface area contributed by atoms with Gasteiger partial charge in [-0.3, -0.25) is 4.90 Å². The monoisotopic (exact) mass is 306 g/mol. The van der Waals surface area contributed by atoms with Crippen LogP contribution in [0.4, 0.5) is 5.82 Å². The number of rotatable bonds is 2. The van der Waals surface area contributed by atoms with Crippen molar-refractivity contribution >= 4 is 34.8 Å². The van der Waals surface area contributed by atoms with Gasteiger partial charge in [0.1, 0.15) is 11.6 Å². The second kappa shape index (κ2) is 6.20. The molecule has 0 unspecified atom stereocenters. The molecule has 2 rings (SSSR count). The summed E-state index contributed by atoms with van der Waals surface area (Å²) in [5, 5.41) is 0.871. The zero-order valence-corrected chi connectivity index (χ0v) is 13.1. The molecular weight excluding hydrogens is 292 g/mol. The largest absolute Gasteiger partial charge is 0.430 e. The molecule has 0 fully saturated rings. The van der Waals surface area contributed by atoms with Crippen LogP contribution in [0.25, 0.3) is 0 Å². The first-order chi connectivity index (χ1) is 9.49. The summed E-state index contributed by atoms with van der Waals surface area (Å²) >= 11 is 11.5. The molecule has 1 aromatic carbocycles. The first-order valence-electron chi connectivity index (χ1n) is 6.13. The van der Waals surface area contributed by atoms with E-state index in [1.807, 2.05) is 51.2 Å². The van der Waals surface area contributed by atoms with E-state index in [0.29, 0.717) is 15.9 Å². The minimum absolute atomic E-state index is 0.301.